The standard InChI is InChI=1S/C18H38N2/c1-9-10-19-16-12-13(2)11-14(3)17(16)20(8)15(4)18(5,6)7/h13-17,19H,9-12H2,1-8H3. The molecule has 0 amide bonds. The molecular weight excluding hydrogens is 244 g/mol. The minimum absolute atomic E-state index is 0.340. The summed E-state index contributed by atoms with van der Waals surface area (Å²) in [5.41, 5.74) is 0.340. The number of likely N-dealkylation sites (N-methyl/N-ethyl adjacent to an activating group) is 1. The van der Waals surface area contributed by atoms with Crippen LogP contribution in [0.1, 0.15) is 67.7 Å². The maximum absolute atomic E-state index is 3.83. The summed E-state index contributed by atoms with van der Waals surface area (Å²) in [6.45, 7) is 17.8. The minimum atomic E-state index is 0.340. The topological polar surface area (TPSA) is 15.3 Å². The van der Waals surface area contributed by atoms with Gasteiger partial charge in [-0.2, -0.15) is 0 Å². The molecule has 0 aromatic carbocycles. The lowest BCUT2D eigenvalue weighted by Crippen LogP contribution is -2.59. The monoisotopic (exact) mass is 282 g/mol. The van der Waals surface area contributed by atoms with Gasteiger partial charge in [0.1, 0.15) is 0 Å². The van der Waals surface area contributed by atoms with Crippen molar-refractivity contribution in [2.75, 3.05) is 13.6 Å². The molecule has 0 heterocycles. The molecule has 0 radical (unpaired) electrons. The molecule has 2 nitrogen and oxygen atoms in total. The third kappa shape index (κ3) is 4.46. The molecule has 1 saturated carbocycles. The van der Waals surface area contributed by atoms with E-state index in [2.05, 4.69) is 65.7 Å². The van der Waals surface area contributed by atoms with E-state index in [0.29, 0.717) is 23.5 Å². The van der Waals surface area contributed by atoms with Crippen molar-refractivity contribution in [3.8, 4) is 0 Å². The molecule has 1 N–H and O–H groups in total. The van der Waals surface area contributed by atoms with E-state index in [1.54, 1.807) is 0 Å². The fourth-order valence-electron chi connectivity index (χ4n) is 3.93. The van der Waals surface area contributed by atoms with Crippen molar-refractivity contribution in [2.24, 2.45) is 17.3 Å². The smallest absolute Gasteiger partial charge is 0.0275 e. The van der Waals surface area contributed by atoms with Gasteiger partial charge in [0.15, 0.2) is 0 Å². The summed E-state index contributed by atoms with van der Waals surface area (Å²) in [6.07, 6.45) is 3.93. The summed E-state index contributed by atoms with van der Waals surface area (Å²) < 4.78 is 0. The Balaban J connectivity index is 2.84. The number of nitrogens with zero attached hydrogens (tertiary/aromatic N) is 1. The molecule has 5 unspecified atom stereocenters. The molecule has 2 heteroatoms. The Morgan fingerprint density at radius 3 is 2.30 bits per heavy atom. The summed E-state index contributed by atoms with van der Waals surface area (Å²) in [5, 5.41) is 3.83. The molecule has 0 aromatic heterocycles. The van der Waals surface area contributed by atoms with E-state index in [9.17, 15) is 0 Å². The molecular formula is C18H38N2. The van der Waals surface area contributed by atoms with Gasteiger partial charge in [-0.05, 0) is 57.0 Å². The summed E-state index contributed by atoms with van der Waals surface area (Å²) in [6, 6.07) is 1.93. The van der Waals surface area contributed by atoms with E-state index in [-0.39, 0.29) is 0 Å². The first-order valence-corrected chi connectivity index (χ1v) is 8.63. The summed E-state index contributed by atoms with van der Waals surface area (Å²) in [5.74, 6) is 1.64. The lowest BCUT2D eigenvalue weighted by Gasteiger charge is -2.49. The van der Waals surface area contributed by atoms with Crippen LogP contribution in [0, 0.1) is 17.3 Å². The second-order valence-corrected chi connectivity index (χ2v) is 8.31. The maximum Gasteiger partial charge on any atom is 0.0275 e. The van der Waals surface area contributed by atoms with Crippen molar-refractivity contribution < 1.29 is 0 Å². The van der Waals surface area contributed by atoms with E-state index in [1.807, 2.05) is 0 Å². The van der Waals surface area contributed by atoms with Gasteiger partial charge < -0.3 is 5.32 Å². The van der Waals surface area contributed by atoms with Crippen LogP contribution in [-0.2, 0) is 0 Å². The quantitative estimate of drug-likeness (QED) is 0.814. The summed E-state index contributed by atoms with van der Waals surface area (Å²) in [4.78, 5) is 2.66. The first kappa shape index (κ1) is 18.0. The molecule has 20 heavy (non-hydrogen) atoms. The van der Waals surface area contributed by atoms with Gasteiger partial charge in [0.25, 0.3) is 0 Å². The molecule has 1 aliphatic rings. The zero-order valence-electron chi connectivity index (χ0n) is 15.2. The molecule has 0 bridgehead atoms. The molecule has 120 valence electrons. The predicted octanol–water partition coefficient (Wildman–Crippen LogP) is 4.16. The Morgan fingerprint density at radius 1 is 1.20 bits per heavy atom. The Kier molecular flexibility index (Phi) is 6.53. The van der Waals surface area contributed by atoms with E-state index in [4.69, 9.17) is 0 Å². The van der Waals surface area contributed by atoms with Gasteiger partial charge in [-0.3, -0.25) is 4.90 Å². The van der Waals surface area contributed by atoms with Gasteiger partial charge in [-0.25, -0.2) is 0 Å². The van der Waals surface area contributed by atoms with Crippen LogP contribution in [0.2, 0.25) is 0 Å². The van der Waals surface area contributed by atoms with Crippen LogP contribution in [-0.4, -0.2) is 36.6 Å². The Hall–Kier alpha value is -0.0800. The molecule has 0 spiro atoms. The highest BCUT2D eigenvalue weighted by Crippen LogP contribution is 2.35. The van der Waals surface area contributed by atoms with E-state index < -0.39 is 0 Å². The fourth-order valence-corrected chi connectivity index (χ4v) is 3.93. The molecule has 0 saturated heterocycles. The Morgan fingerprint density at radius 2 is 1.80 bits per heavy atom. The molecule has 5 atom stereocenters. The van der Waals surface area contributed by atoms with Crippen LogP contribution in [0.4, 0.5) is 0 Å². The highest BCUT2D eigenvalue weighted by molar-refractivity contribution is 4.96. The second kappa shape index (κ2) is 7.26. The first-order chi connectivity index (χ1) is 9.18. The third-order valence-electron chi connectivity index (χ3n) is 5.42. The number of hydrogen-bond acceptors (Lipinski definition) is 2. The first-order valence-electron chi connectivity index (χ1n) is 8.63. The van der Waals surface area contributed by atoms with Crippen molar-refractivity contribution in [1.82, 2.24) is 10.2 Å². The van der Waals surface area contributed by atoms with E-state index in [1.165, 1.54) is 19.3 Å². The van der Waals surface area contributed by atoms with Crippen LogP contribution in [0.3, 0.4) is 0 Å². The zero-order valence-corrected chi connectivity index (χ0v) is 15.2. The van der Waals surface area contributed by atoms with Crippen LogP contribution in [0.5, 0.6) is 0 Å². The summed E-state index contributed by atoms with van der Waals surface area (Å²) in [7, 11) is 2.34. The molecule has 1 fully saturated rings. The zero-order chi connectivity index (χ0) is 15.5. The van der Waals surface area contributed by atoms with Gasteiger partial charge in [-0.1, -0.05) is 41.5 Å². The van der Waals surface area contributed by atoms with Crippen LogP contribution < -0.4 is 5.32 Å². The van der Waals surface area contributed by atoms with E-state index in [0.717, 1.165) is 18.4 Å². The van der Waals surface area contributed by atoms with Gasteiger partial charge in [-0.15, -0.1) is 0 Å². The van der Waals surface area contributed by atoms with Crippen molar-refractivity contribution >= 4 is 0 Å². The van der Waals surface area contributed by atoms with Gasteiger partial charge in [0.2, 0.25) is 0 Å². The predicted molar refractivity (Wildman–Crippen MR) is 90.1 cm³/mol. The molecule has 1 aliphatic carbocycles. The normalized spacial score (nSPS) is 33.5. The lowest BCUT2D eigenvalue weighted by atomic mass is 9.74. The molecule has 0 aliphatic heterocycles. The maximum atomic E-state index is 3.83. The third-order valence-corrected chi connectivity index (χ3v) is 5.42. The highest BCUT2D eigenvalue weighted by atomic mass is 15.2. The number of hydrogen-bond donors (Lipinski definition) is 1. The summed E-state index contributed by atoms with van der Waals surface area (Å²) >= 11 is 0. The molecule has 1 rings (SSSR count). The van der Waals surface area contributed by atoms with Crippen molar-refractivity contribution in [3.05, 3.63) is 0 Å². The number of rotatable bonds is 5. The van der Waals surface area contributed by atoms with Crippen molar-refractivity contribution in [1.29, 1.82) is 0 Å². The Labute approximate surface area is 127 Å². The highest BCUT2D eigenvalue weighted by Gasteiger charge is 2.39. The van der Waals surface area contributed by atoms with Crippen LogP contribution in [0.25, 0.3) is 0 Å². The van der Waals surface area contributed by atoms with Crippen molar-refractivity contribution in [2.45, 2.75) is 85.9 Å². The Bertz CT molecular complexity index is 282. The second-order valence-electron chi connectivity index (χ2n) is 8.31. The van der Waals surface area contributed by atoms with Gasteiger partial charge >= 0.3 is 0 Å². The van der Waals surface area contributed by atoms with E-state index >= 15 is 0 Å². The average molecular weight is 283 g/mol. The average Bonchev–Trinajstić information content (AvgIpc) is 2.32. The number of nitrogens with one attached hydrogen (secondary N) is 1. The van der Waals surface area contributed by atoms with Crippen LogP contribution in [0.15, 0.2) is 0 Å². The van der Waals surface area contributed by atoms with Gasteiger partial charge in [0.05, 0.1) is 0 Å². The molecule has 0 aromatic rings. The SMILES string of the molecule is CCCNC1CC(C)CC(C)C1N(C)C(C)C(C)(C)C. The van der Waals surface area contributed by atoms with Crippen LogP contribution >= 0.6 is 0 Å². The minimum Gasteiger partial charge on any atom is -0.312 e. The van der Waals surface area contributed by atoms with Crippen molar-refractivity contribution in [3.63, 3.8) is 0 Å². The largest absolute Gasteiger partial charge is 0.312 e. The fraction of sp³-hybridized carbons (Fsp3) is 1.00. The lowest BCUT2D eigenvalue weighted by molar-refractivity contribution is 0.0197. The van der Waals surface area contributed by atoms with Gasteiger partial charge in [0, 0.05) is 18.1 Å².